The Morgan fingerprint density at radius 2 is 2.29 bits per heavy atom. The number of thiazole rings is 1. The molecule has 1 heterocycles. The number of rotatable bonds is 1. The van der Waals surface area contributed by atoms with Crippen LogP contribution in [0.4, 0.5) is 0 Å². The molecule has 4 heteroatoms. The molecule has 0 aliphatic carbocycles. The van der Waals surface area contributed by atoms with Gasteiger partial charge >= 0.3 is 0 Å². The molecule has 0 saturated carbocycles. The van der Waals surface area contributed by atoms with E-state index in [-0.39, 0.29) is 0 Å². The van der Waals surface area contributed by atoms with Crippen molar-refractivity contribution in [1.29, 1.82) is 5.26 Å². The van der Waals surface area contributed by atoms with Crippen LogP contribution in [0.3, 0.4) is 0 Å². The van der Waals surface area contributed by atoms with Gasteiger partial charge in [0.2, 0.25) is 0 Å². The molecule has 1 atom stereocenters. The van der Waals surface area contributed by atoms with E-state index in [1.54, 1.807) is 17.5 Å². The van der Waals surface area contributed by atoms with Crippen LogP contribution in [-0.2, 0) is 0 Å². The van der Waals surface area contributed by atoms with Crippen molar-refractivity contribution >= 4 is 25.9 Å². The maximum Gasteiger partial charge on any atom is 0.123 e. The Morgan fingerprint density at radius 3 is 2.93 bits per heavy atom. The van der Waals surface area contributed by atoms with Gasteiger partial charge in [-0.05, 0) is 11.4 Å². The summed E-state index contributed by atoms with van der Waals surface area (Å²) >= 11 is 1.57. The smallest absolute Gasteiger partial charge is 0.123 e. The molecule has 0 amide bonds. The Labute approximate surface area is 88.4 Å². The normalized spacial score (nSPS) is 9.71. The molecule has 1 aromatic heterocycles. The zero-order valence-corrected chi connectivity index (χ0v) is 9.24. The van der Waals surface area contributed by atoms with E-state index in [1.165, 1.54) is 0 Å². The third kappa shape index (κ3) is 1.68. The summed E-state index contributed by atoms with van der Waals surface area (Å²) in [4.78, 5) is 4.19. The standard InChI is InChI=1S/C10H7N2PS/c11-6-8-5-7(1-2-9(8)13)10-12-3-4-14-10/h1-5H,13H2. The average molecular weight is 218 g/mol. The number of benzene rings is 1. The second kappa shape index (κ2) is 3.88. The molecule has 0 spiro atoms. The molecular formula is C10H7N2PS. The van der Waals surface area contributed by atoms with Crippen molar-refractivity contribution in [2.24, 2.45) is 0 Å². The summed E-state index contributed by atoms with van der Waals surface area (Å²) in [6.07, 6.45) is 1.76. The number of nitriles is 1. The summed E-state index contributed by atoms with van der Waals surface area (Å²) < 4.78 is 0. The predicted molar refractivity (Wildman–Crippen MR) is 61.6 cm³/mol. The summed E-state index contributed by atoms with van der Waals surface area (Å²) in [6.45, 7) is 0. The largest absolute Gasteiger partial charge is 0.245 e. The first kappa shape index (κ1) is 9.33. The van der Waals surface area contributed by atoms with Crippen molar-refractivity contribution in [3.05, 3.63) is 35.3 Å². The topological polar surface area (TPSA) is 36.7 Å². The molecule has 2 aromatic rings. The predicted octanol–water partition coefficient (Wildman–Crippen LogP) is 2.18. The Balaban J connectivity index is 2.53. The highest BCUT2D eigenvalue weighted by atomic mass is 32.1. The Morgan fingerprint density at radius 1 is 1.43 bits per heavy atom. The summed E-state index contributed by atoms with van der Waals surface area (Å²) in [6, 6.07) is 7.91. The molecule has 2 nitrogen and oxygen atoms in total. The van der Waals surface area contributed by atoms with E-state index in [4.69, 9.17) is 5.26 Å². The fourth-order valence-electron chi connectivity index (χ4n) is 1.15. The zero-order chi connectivity index (χ0) is 9.97. The van der Waals surface area contributed by atoms with Crippen LogP contribution in [0.2, 0.25) is 0 Å². The molecular weight excluding hydrogens is 211 g/mol. The molecule has 1 unspecified atom stereocenters. The number of aromatic nitrogens is 1. The van der Waals surface area contributed by atoms with Crippen molar-refractivity contribution in [3.63, 3.8) is 0 Å². The average Bonchev–Trinajstić information content (AvgIpc) is 2.71. The van der Waals surface area contributed by atoms with Crippen molar-refractivity contribution in [2.75, 3.05) is 0 Å². The summed E-state index contributed by atoms with van der Waals surface area (Å²) in [5, 5.41) is 12.7. The van der Waals surface area contributed by atoms with Crippen LogP contribution in [0.15, 0.2) is 29.8 Å². The molecule has 2 rings (SSSR count). The van der Waals surface area contributed by atoms with Crippen molar-refractivity contribution in [3.8, 4) is 16.6 Å². The fourth-order valence-corrected chi connectivity index (χ4v) is 2.03. The van der Waals surface area contributed by atoms with Crippen LogP contribution < -0.4 is 5.30 Å². The monoisotopic (exact) mass is 218 g/mol. The van der Waals surface area contributed by atoms with E-state index in [2.05, 4.69) is 20.3 Å². The molecule has 0 radical (unpaired) electrons. The van der Waals surface area contributed by atoms with Gasteiger partial charge in [0.1, 0.15) is 5.01 Å². The maximum absolute atomic E-state index is 8.86. The molecule has 0 bridgehead atoms. The fraction of sp³-hybridized carbons (Fsp3) is 0. The molecule has 68 valence electrons. The lowest BCUT2D eigenvalue weighted by Crippen LogP contribution is -1.96. The first-order chi connectivity index (χ1) is 6.81. The van der Waals surface area contributed by atoms with Crippen LogP contribution in [-0.4, -0.2) is 4.98 Å². The van der Waals surface area contributed by atoms with Crippen LogP contribution >= 0.6 is 20.6 Å². The lowest BCUT2D eigenvalue weighted by molar-refractivity contribution is 1.41. The molecule has 0 aliphatic heterocycles. The van der Waals surface area contributed by atoms with E-state index in [9.17, 15) is 0 Å². The van der Waals surface area contributed by atoms with Crippen molar-refractivity contribution < 1.29 is 0 Å². The van der Waals surface area contributed by atoms with Gasteiger partial charge in [-0.3, -0.25) is 0 Å². The highest BCUT2D eigenvalue weighted by Crippen LogP contribution is 2.22. The van der Waals surface area contributed by atoms with E-state index in [0.29, 0.717) is 5.56 Å². The van der Waals surface area contributed by atoms with Crippen LogP contribution in [0.1, 0.15) is 5.56 Å². The van der Waals surface area contributed by atoms with Gasteiger partial charge < -0.3 is 0 Å². The van der Waals surface area contributed by atoms with E-state index < -0.39 is 0 Å². The third-order valence-electron chi connectivity index (χ3n) is 1.85. The van der Waals surface area contributed by atoms with Gasteiger partial charge in [-0.1, -0.05) is 12.1 Å². The highest BCUT2D eigenvalue weighted by molar-refractivity contribution is 7.27. The van der Waals surface area contributed by atoms with Gasteiger partial charge in [0.15, 0.2) is 0 Å². The first-order valence-corrected chi connectivity index (χ1v) is 5.46. The Kier molecular flexibility index (Phi) is 2.58. The molecule has 0 aliphatic rings. The van der Waals surface area contributed by atoms with E-state index >= 15 is 0 Å². The molecule has 0 saturated heterocycles. The molecule has 0 fully saturated rings. The zero-order valence-electron chi connectivity index (χ0n) is 7.27. The van der Waals surface area contributed by atoms with Crippen molar-refractivity contribution in [1.82, 2.24) is 4.98 Å². The van der Waals surface area contributed by atoms with Crippen LogP contribution in [0.5, 0.6) is 0 Å². The van der Waals surface area contributed by atoms with E-state index in [0.717, 1.165) is 15.9 Å². The minimum Gasteiger partial charge on any atom is -0.245 e. The second-order valence-corrected chi connectivity index (χ2v) is 4.27. The van der Waals surface area contributed by atoms with E-state index in [1.807, 2.05) is 23.6 Å². The lowest BCUT2D eigenvalue weighted by atomic mass is 10.1. The highest BCUT2D eigenvalue weighted by Gasteiger charge is 2.03. The van der Waals surface area contributed by atoms with Gasteiger partial charge in [0.25, 0.3) is 0 Å². The third-order valence-corrected chi connectivity index (χ3v) is 3.18. The lowest BCUT2D eigenvalue weighted by Gasteiger charge is -1.99. The quantitative estimate of drug-likeness (QED) is 0.688. The number of nitrogens with zero attached hydrogens (tertiary/aromatic N) is 2. The SMILES string of the molecule is N#Cc1cc(-c2nccs2)ccc1P. The van der Waals surface area contributed by atoms with Crippen LogP contribution in [0.25, 0.3) is 10.6 Å². The Hall–Kier alpha value is -1.23. The molecule has 0 N–H and O–H groups in total. The van der Waals surface area contributed by atoms with Gasteiger partial charge in [0.05, 0.1) is 11.6 Å². The van der Waals surface area contributed by atoms with Gasteiger partial charge in [-0.25, -0.2) is 4.98 Å². The Bertz CT molecular complexity index is 485. The summed E-state index contributed by atoms with van der Waals surface area (Å²) in [5.41, 5.74) is 1.69. The van der Waals surface area contributed by atoms with Crippen molar-refractivity contribution in [2.45, 2.75) is 0 Å². The molecule has 14 heavy (non-hydrogen) atoms. The second-order valence-electron chi connectivity index (χ2n) is 2.75. The first-order valence-electron chi connectivity index (χ1n) is 4.01. The minimum absolute atomic E-state index is 0.683. The summed E-state index contributed by atoms with van der Waals surface area (Å²) in [7, 11) is 2.55. The minimum atomic E-state index is 0.683. The van der Waals surface area contributed by atoms with Gasteiger partial charge in [0, 0.05) is 17.1 Å². The van der Waals surface area contributed by atoms with Crippen LogP contribution in [0, 0.1) is 11.3 Å². The number of hydrogen-bond acceptors (Lipinski definition) is 3. The van der Waals surface area contributed by atoms with Gasteiger partial charge in [-0.15, -0.1) is 20.6 Å². The van der Waals surface area contributed by atoms with Gasteiger partial charge in [-0.2, -0.15) is 5.26 Å². The maximum atomic E-state index is 8.86. The number of hydrogen-bond donors (Lipinski definition) is 0. The molecule has 1 aromatic carbocycles. The summed E-state index contributed by atoms with van der Waals surface area (Å²) in [5.74, 6) is 0.